The summed E-state index contributed by atoms with van der Waals surface area (Å²) in [5.74, 6) is 0.141. The number of methoxy groups -OCH3 is 1. The molecule has 0 unspecified atom stereocenters. The third-order valence-electron chi connectivity index (χ3n) is 1.69. The molecule has 0 atom stereocenters. The smallest absolute Gasteiger partial charge is 0.224 e. The van der Waals surface area contributed by atoms with Crippen molar-refractivity contribution in [3.8, 4) is 0 Å². The molecule has 0 heterocycles. The highest BCUT2D eigenvalue weighted by Crippen LogP contribution is 1.97. The molecule has 11 heavy (non-hydrogen) atoms. The first-order valence-electron chi connectivity index (χ1n) is 3.84. The Morgan fingerprint density at radius 2 is 2.09 bits per heavy atom. The predicted octanol–water partition coefficient (Wildman–Crippen LogP) is 0.890. The molecule has 0 aromatic carbocycles. The highest BCUT2D eigenvalue weighted by molar-refractivity contribution is 5.76. The van der Waals surface area contributed by atoms with Gasteiger partial charge in [-0.3, -0.25) is 4.79 Å². The molecule has 3 heteroatoms. The Morgan fingerprint density at radius 3 is 2.45 bits per heavy atom. The molecule has 0 saturated carbocycles. The topological polar surface area (TPSA) is 29.5 Å². The van der Waals surface area contributed by atoms with Crippen LogP contribution in [0.25, 0.3) is 0 Å². The molecule has 0 bridgehead atoms. The Labute approximate surface area is 68.3 Å². The number of hydrogen-bond donors (Lipinski definition) is 0. The highest BCUT2D eigenvalue weighted by atomic mass is 16.5. The second-order valence-corrected chi connectivity index (χ2v) is 2.84. The lowest BCUT2D eigenvalue weighted by Crippen LogP contribution is -2.33. The molecule has 0 aromatic rings. The number of ether oxygens (including phenoxy) is 1. The number of nitrogens with zero attached hydrogens (tertiary/aromatic N) is 1. The maximum Gasteiger partial charge on any atom is 0.224 e. The van der Waals surface area contributed by atoms with Gasteiger partial charge in [-0.05, 0) is 13.8 Å². The molecular weight excluding hydrogens is 142 g/mol. The van der Waals surface area contributed by atoms with Crippen LogP contribution in [0.4, 0.5) is 0 Å². The van der Waals surface area contributed by atoms with Crippen molar-refractivity contribution in [2.45, 2.75) is 26.3 Å². The molecule has 0 saturated heterocycles. The Bertz CT molecular complexity index is 123. The van der Waals surface area contributed by atoms with Crippen molar-refractivity contribution in [1.82, 2.24) is 4.90 Å². The summed E-state index contributed by atoms with van der Waals surface area (Å²) in [6, 6.07) is 0.277. The largest absolute Gasteiger partial charge is 0.384 e. The van der Waals surface area contributed by atoms with Gasteiger partial charge in [0, 0.05) is 20.2 Å². The number of hydrogen-bond acceptors (Lipinski definition) is 2. The van der Waals surface area contributed by atoms with Crippen LogP contribution in [0, 0.1) is 0 Å². The van der Waals surface area contributed by atoms with Gasteiger partial charge in [0.15, 0.2) is 0 Å². The van der Waals surface area contributed by atoms with Crippen LogP contribution in [0.1, 0.15) is 20.3 Å². The summed E-state index contributed by atoms with van der Waals surface area (Å²) in [7, 11) is 3.41. The summed E-state index contributed by atoms with van der Waals surface area (Å²) in [5.41, 5.74) is 0. The Balaban J connectivity index is 3.64. The van der Waals surface area contributed by atoms with E-state index in [-0.39, 0.29) is 11.9 Å². The van der Waals surface area contributed by atoms with E-state index < -0.39 is 0 Å². The van der Waals surface area contributed by atoms with Crippen LogP contribution < -0.4 is 0 Å². The molecule has 0 aromatic heterocycles. The minimum absolute atomic E-state index is 0.141. The van der Waals surface area contributed by atoms with Gasteiger partial charge in [-0.2, -0.15) is 0 Å². The van der Waals surface area contributed by atoms with Gasteiger partial charge in [0.2, 0.25) is 5.91 Å². The second kappa shape index (κ2) is 5.13. The van der Waals surface area contributed by atoms with Gasteiger partial charge in [-0.15, -0.1) is 0 Å². The first kappa shape index (κ1) is 10.4. The molecular formula is C8H17NO2. The van der Waals surface area contributed by atoms with Crippen LogP contribution in [0.2, 0.25) is 0 Å². The zero-order chi connectivity index (χ0) is 8.85. The molecule has 0 fully saturated rings. The van der Waals surface area contributed by atoms with Crippen molar-refractivity contribution in [3.05, 3.63) is 0 Å². The van der Waals surface area contributed by atoms with E-state index in [0.29, 0.717) is 13.0 Å². The summed E-state index contributed by atoms with van der Waals surface area (Å²) in [4.78, 5) is 12.9. The summed E-state index contributed by atoms with van der Waals surface area (Å²) < 4.78 is 4.79. The van der Waals surface area contributed by atoms with Crippen molar-refractivity contribution in [3.63, 3.8) is 0 Å². The van der Waals surface area contributed by atoms with Gasteiger partial charge in [-0.25, -0.2) is 0 Å². The van der Waals surface area contributed by atoms with E-state index in [2.05, 4.69) is 0 Å². The molecule has 0 aliphatic carbocycles. The Kier molecular flexibility index (Phi) is 4.86. The maximum absolute atomic E-state index is 11.2. The minimum Gasteiger partial charge on any atom is -0.384 e. The van der Waals surface area contributed by atoms with Crippen molar-refractivity contribution < 1.29 is 9.53 Å². The van der Waals surface area contributed by atoms with Gasteiger partial charge >= 0.3 is 0 Å². The average Bonchev–Trinajstić information content (AvgIpc) is 1.98. The molecule has 3 nitrogen and oxygen atoms in total. The van der Waals surface area contributed by atoms with E-state index in [0.717, 1.165) is 0 Å². The number of amides is 1. The zero-order valence-corrected chi connectivity index (χ0v) is 7.76. The van der Waals surface area contributed by atoms with Gasteiger partial charge in [0.25, 0.3) is 0 Å². The fraction of sp³-hybridized carbons (Fsp3) is 0.875. The Hall–Kier alpha value is -0.570. The molecule has 0 N–H and O–H groups in total. The van der Waals surface area contributed by atoms with E-state index in [1.165, 1.54) is 0 Å². The molecule has 0 spiro atoms. The lowest BCUT2D eigenvalue weighted by Gasteiger charge is -2.20. The molecule has 1 amide bonds. The van der Waals surface area contributed by atoms with Crippen LogP contribution in [0.5, 0.6) is 0 Å². The van der Waals surface area contributed by atoms with Gasteiger partial charge in [0.1, 0.15) is 0 Å². The minimum atomic E-state index is 0.141. The molecule has 66 valence electrons. The first-order chi connectivity index (χ1) is 5.09. The normalized spacial score (nSPS) is 10.3. The first-order valence-corrected chi connectivity index (χ1v) is 3.84. The number of carbonyl (C=O) groups excluding carboxylic acids is 1. The van der Waals surface area contributed by atoms with Crippen molar-refractivity contribution in [2.24, 2.45) is 0 Å². The zero-order valence-electron chi connectivity index (χ0n) is 7.76. The van der Waals surface area contributed by atoms with E-state index in [4.69, 9.17) is 4.74 Å². The fourth-order valence-electron chi connectivity index (χ4n) is 0.654. The highest BCUT2D eigenvalue weighted by Gasteiger charge is 2.10. The van der Waals surface area contributed by atoms with Crippen LogP contribution in [-0.4, -0.2) is 37.6 Å². The van der Waals surface area contributed by atoms with Crippen molar-refractivity contribution >= 4 is 5.91 Å². The molecule has 0 aliphatic heterocycles. The predicted molar refractivity (Wildman–Crippen MR) is 44.4 cm³/mol. The van der Waals surface area contributed by atoms with Crippen molar-refractivity contribution in [2.75, 3.05) is 20.8 Å². The third kappa shape index (κ3) is 3.98. The van der Waals surface area contributed by atoms with Crippen molar-refractivity contribution in [1.29, 1.82) is 0 Å². The molecule has 0 aliphatic rings. The Morgan fingerprint density at radius 1 is 1.55 bits per heavy atom. The van der Waals surface area contributed by atoms with Crippen LogP contribution in [-0.2, 0) is 9.53 Å². The van der Waals surface area contributed by atoms with E-state index >= 15 is 0 Å². The van der Waals surface area contributed by atoms with E-state index in [9.17, 15) is 4.79 Å². The average molecular weight is 159 g/mol. The monoisotopic (exact) mass is 159 g/mol. The second-order valence-electron chi connectivity index (χ2n) is 2.84. The van der Waals surface area contributed by atoms with Gasteiger partial charge in [-0.1, -0.05) is 0 Å². The number of carbonyl (C=O) groups is 1. The summed E-state index contributed by atoms with van der Waals surface area (Å²) in [5, 5.41) is 0. The van der Waals surface area contributed by atoms with Gasteiger partial charge < -0.3 is 9.64 Å². The van der Waals surface area contributed by atoms with E-state index in [1.807, 2.05) is 20.9 Å². The maximum atomic E-state index is 11.2. The number of rotatable bonds is 4. The summed E-state index contributed by atoms with van der Waals surface area (Å²) >= 11 is 0. The molecule has 0 radical (unpaired) electrons. The van der Waals surface area contributed by atoms with Crippen LogP contribution in [0.3, 0.4) is 0 Å². The third-order valence-corrected chi connectivity index (χ3v) is 1.69. The SMILES string of the molecule is COCCC(=O)N(C)C(C)C. The fourth-order valence-corrected chi connectivity index (χ4v) is 0.654. The summed E-state index contributed by atoms with van der Waals surface area (Å²) in [6.45, 7) is 4.49. The van der Waals surface area contributed by atoms with Crippen LogP contribution in [0.15, 0.2) is 0 Å². The lowest BCUT2D eigenvalue weighted by atomic mass is 10.3. The van der Waals surface area contributed by atoms with E-state index in [1.54, 1.807) is 12.0 Å². The standard InChI is InChI=1S/C8H17NO2/c1-7(2)9(3)8(10)5-6-11-4/h7H,5-6H2,1-4H3. The quantitative estimate of drug-likeness (QED) is 0.609. The van der Waals surface area contributed by atoms with Gasteiger partial charge in [0.05, 0.1) is 13.0 Å². The van der Waals surface area contributed by atoms with Crippen LogP contribution >= 0.6 is 0 Å². The summed E-state index contributed by atoms with van der Waals surface area (Å²) in [6.07, 6.45) is 0.477. The molecule has 0 rings (SSSR count). The lowest BCUT2D eigenvalue weighted by molar-refractivity contribution is -0.132.